The highest BCUT2D eigenvalue weighted by Crippen LogP contribution is 2.37. The number of fused-ring (bicyclic) bond motifs is 1. The summed E-state index contributed by atoms with van der Waals surface area (Å²) in [7, 11) is -2.29. The van der Waals surface area contributed by atoms with Crippen molar-refractivity contribution in [2.45, 2.75) is 4.90 Å². The summed E-state index contributed by atoms with van der Waals surface area (Å²) >= 11 is 6.31. The third kappa shape index (κ3) is 3.50. The molecule has 0 aliphatic heterocycles. The maximum absolute atomic E-state index is 13.0. The van der Waals surface area contributed by atoms with Gasteiger partial charge in [0.2, 0.25) is 0 Å². The lowest BCUT2D eigenvalue weighted by Gasteiger charge is -2.12. The Morgan fingerprint density at radius 2 is 1.97 bits per heavy atom. The number of nitrogens with zero attached hydrogens (tertiary/aromatic N) is 4. The van der Waals surface area contributed by atoms with Crippen molar-refractivity contribution >= 4 is 44.2 Å². The number of pyridine rings is 2. The summed E-state index contributed by atoms with van der Waals surface area (Å²) in [4.78, 5) is 8.34. The van der Waals surface area contributed by atoms with Gasteiger partial charge in [-0.1, -0.05) is 29.8 Å². The van der Waals surface area contributed by atoms with E-state index in [1.807, 2.05) is 6.07 Å². The lowest BCUT2D eigenvalue weighted by atomic mass is 10.2. The molecule has 3 heterocycles. The van der Waals surface area contributed by atoms with Crippen molar-refractivity contribution in [2.75, 3.05) is 18.1 Å². The number of aromatic nitrogens is 3. The first-order chi connectivity index (χ1) is 14.9. The monoisotopic (exact) mass is 454 g/mol. The second kappa shape index (κ2) is 7.79. The van der Waals surface area contributed by atoms with Crippen LogP contribution in [0.2, 0.25) is 5.02 Å². The van der Waals surface area contributed by atoms with Gasteiger partial charge in [-0.25, -0.2) is 22.4 Å². The first-order valence-electron chi connectivity index (χ1n) is 8.88. The van der Waals surface area contributed by atoms with E-state index < -0.39 is 10.0 Å². The number of nitriles is 1. The van der Waals surface area contributed by atoms with Crippen LogP contribution in [0.25, 0.3) is 11.0 Å². The van der Waals surface area contributed by atoms with Gasteiger partial charge >= 0.3 is 0 Å². The molecule has 156 valence electrons. The average molecular weight is 455 g/mol. The van der Waals surface area contributed by atoms with E-state index in [4.69, 9.17) is 22.1 Å². The zero-order valence-corrected chi connectivity index (χ0v) is 17.6. The predicted octanol–water partition coefficient (Wildman–Crippen LogP) is 3.61. The molecule has 1 aromatic carbocycles. The lowest BCUT2D eigenvalue weighted by Crippen LogP contribution is -2.12. The third-order valence-electron chi connectivity index (χ3n) is 4.50. The minimum Gasteiger partial charge on any atom is -0.452 e. The van der Waals surface area contributed by atoms with E-state index in [2.05, 4.69) is 15.3 Å². The van der Waals surface area contributed by atoms with Crippen LogP contribution in [0.15, 0.2) is 59.9 Å². The van der Waals surface area contributed by atoms with Gasteiger partial charge in [0.05, 0.1) is 28.5 Å². The molecule has 0 atom stereocenters. The Morgan fingerprint density at radius 1 is 1.23 bits per heavy atom. The molecule has 0 saturated heterocycles. The smallest absolute Gasteiger partial charge is 0.269 e. The van der Waals surface area contributed by atoms with Crippen LogP contribution in [-0.4, -0.2) is 29.4 Å². The summed E-state index contributed by atoms with van der Waals surface area (Å²) < 4.78 is 32.8. The summed E-state index contributed by atoms with van der Waals surface area (Å²) in [5, 5.41) is 12.9. The minimum absolute atomic E-state index is 0.0813. The Morgan fingerprint density at radius 3 is 2.65 bits per heavy atom. The number of anilines is 2. The van der Waals surface area contributed by atoms with Gasteiger partial charge in [-0.05, 0) is 18.2 Å². The molecule has 31 heavy (non-hydrogen) atoms. The van der Waals surface area contributed by atoms with Crippen LogP contribution in [0.5, 0.6) is 11.5 Å². The third-order valence-corrected chi connectivity index (χ3v) is 6.54. The van der Waals surface area contributed by atoms with Gasteiger partial charge in [0.15, 0.2) is 11.4 Å². The maximum atomic E-state index is 13.0. The van der Waals surface area contributed by atoms with Crippen molar-refractivity contribution in [1.29, 1.82) is 5.26 Å². The molecule has 9 nitrogen and oxygen atoms in total. The second-order valence-corrected chi connectivity index (χ2v) is 8.55. The number of halogens is 1. The average Bonchev–Trinajstić information content (AvgIpc) is 3.15. The van der Waals surface area contributed by atoms with Crippen LogP contribution in [0.4, 0.5) is 11.5 Å². The van der Waals surface area contributed by atoms with Gasteiger partial charge in [-0.3, -0.25) is 0 Å². The van der Waals surface area contributed by atoms with E-state index in [9.17, 15) is 13.7 Å². The molecule has 0 aliphatic rings. The van der Waals surface area contributed by atoms with Gasteiger partial charge in [-0.15, -0.1) is 0 Å². The molecule has 3 aromatic heterocycles. The molecule has 0 fully saturated rings. The summed E-state index contributed by atoms with van der Waals surface area (Å²) in [6.45, 7) is 0. The minimum atomic E-state index is -3.94. The summed E-state index contributed by atoms with van der Waals surface area (Å²) in [5.74, 6) is 0.675. The fraction of sp³-hybridized carbons (Fsp3) is 0.0500. The first kappa shape index (κ1) is 20.5. The zero-order valence-electron chi connectivity index (χ0n) is 16.1. The van der Waals surface area contributed by atoms with Crippen molar-refractivity contribution in [3.05, 3.63) is 65.6 Å². The van der Waals surface area contributed by atoms with Gasteiger partial charge in [-0.2, -0.15) is 5.26 Å². The number of nitrogens with one attached hydrogen (secondary N) is 1. The van der Waals surface area contributed by atoms with E-state index >= 15 is 0 Å². The number of nitrogens with two attached hydrogens (primary N) is 1. The van der Waals surface area contributed by atoms with Crippen LogP contribution in [-0.2, 0) is 10.0 Å². The Hall–Kier alpha value is -3.81. The highest BCUT2D eigenvalue weighted by molar-refractivity contribution is 7.90. The van der Waals surface area contributed by atoms with Crippen molar-refractivity contribution in [1.82, 2.24) is 13.9 Å². The standard InChI is InChI=1S/C20H15ClN6O3S/c1-24-18-17(21)16(10-25-19(18)23)30-13-7-15-12(8-22)11-27(20(15)26-9-13)31(28,29)14-5-3-2-4-6-14/h2-7,9-11,24H,1H3,(H2,23,25). The molecule has 0 aliphatic carbocycles. The fourth-order valence-electron chi connectivity index (χ4n) is 3.02. The number of benzene rings is 1. The lowest BCUT2D eigenvalue weighted by molar-refractivity contribution is 0.479. The Balaban J connectivity index is 1.81. The molecule has 0 radical (unpaired) electrons. The topological polar surface area (TPSA) is 136 Å². The summed E-state index contributed by atoms with van der Waals surface area (Å²) in [6.07, 6.45) is 3.94. The Kier molecular flexibility index (Phi) is 5.14. The normalized spacial score (nSPS) is 11.3. The van der Waals surface area contributed by atoms with E-state index in [1.54, 1.807) is 25.2 Å². The number of nitrogen functional groups attached to an aromatic ring is 1. The quantitative estimate of drug-likeness (QED) is 0.466. The molecule has 4 aromatic rings. The number of hydrogen-bond acceptors (Lipinski definition) is 8. The van der Waals surface area contributed by atoms with Gasteiger partial charge in [0, 0.05) is 18.6 Å². The molecule has 0 amide bonds. The van der Waals surface area contributed by atoms with Crippen LogP contribution >= 0.6 is 11.6 Å². The highest BCUT2D eigenvalue weighted by atomic mass is 35.5. The SMILES string of the molecule is CNc1c(N)ncc(Oc2cnc3c(c2)c(C#N)cn3S(=O)(=O)c2ccccc2)c1Cl. The van der Waals surface area contributed by atoms with Crippen molar-refractivity contribution in [3.63, 3.8) is 0 Å². The van der Waals surface area contributed by atoms with E-state index in [1.165, 1.54) is 36.8 Å². The molecular formula is C20H15ClN6O3S. The molecular weight excluding hydrogens is 440 g/mol. The largest absolute Gasteiger partial charge is 0.452 e. The summed E-state index contributed by atoms with van der Waals surface area (Å²) in [5.41, 5.74) is 6.42. The molecule has 3 N–H and O–H groups in total. The van der Waals surface area contributed by atoms with Crippen LogP contribution in [0, 0.1) is 11.3 Å². The fourth-order valence-corrected chi connectivity index (χ4v) is 4.64. The molecule has 0 saturated carbocycles. The van der Waals surface area contributed by atoms with Crippen LogP contribution in [0.1, 0.15) is 5.56 Å². The zero-order chi connectivity index (χ0) is 22.2. The molecule has 4 rings (SSSR count). The summed E-state index contributed by atoms with van der Waals surface area (Å²) in [6, 6.07) is 11.4. The van der Waals surface area contributed by atoms with Gasteiger partial charge in [0.25, 0.3) is 10.0 Å². The number of hydrogen-bond donors (Lipinski definition) is 2. The Bertz CT molecular complexity index is 1450. The van der Waals surface area contributed by atoms with Gasteiger partial charge in [0.1, 0.15) is 22.7 Å². The van der Waals surface area contributed by atoms with Crippen molar-refractivity contribution in [2.24, 2.45) is 0 Å². The molecule has 11 heteroatoms. The molecule has 0 spiro atoms. The van der Waals surface area contributed by atoms with Gasteiger partial charge < -0.3 is 15.8 Å². The van der Waals surface area contributed by atoms with Crippen LogP contribution < -0.4 is 15.8 Å². The molecule has 0 bridgehead atoms. The predicted molar refractivity (Wildman–Crippen MR) is 117 cm³/mol. The van der Waals surface area contributed by atoms with E-state index in [0.29, 0.717) is 11.1 Å². The molecule has 0 unspecified atom stereocenters. The number of rotatable bonds is 5. The van der Waals surface area contributed by atoms with Crippen molar-refractivity contribution in [3.8, 4) is 17.6 Å². The highest BCUT2D eigenvalue weighted by Gasteiger charge is 2.23. The van der Waals surface area contributed by atoms with Crippen molar-refractivity contribution < 1.29 is 13.2 Å². The maximum Gasteiger partial charge on any atom is 0.269 e. The van der Waals surface area contributed by atoms with E-state index in [0.717, 1.165) is 3.97 Å². The second-order valence-electron chi connectivity index (χ2n) is 6.36. The Labute approximate surface area is 182 Å². The first-order valence-corrected chi connectivity index (χ1v) is 10.7. The number of ether oxygens (including phenoxy) is 1. The van der Waals surface area contributed by atoms with Crippen LogP contribution in [0.3, 0.4) is 0 Å². The van der Waals surface area contributed by atoms with E-state index in [-0.39, 0.29) is 38.4 Å².